The molecule has 0 bridgehead atoms. The highest BCUT2D eigenvalue weighted by atomic mass is 32.1. The van der Waals surface area contributed by atoms with E-state index in [1.165, 1.54) is 23.6 Å². The summed E-state index contributed by atoms with van der Waals surface area (Å²) in [6, 6.07) is 3.57. The lowest BCUT2D eigenvalue weighted by Crippen LogP contribution is -2.32. The van der Waals surface area contributed by atoms with Crippen molar-refractivity contribution in [2.24, 2.45) is 5.41 Å². The van der Waals surface area contributed by atoms with E-state index in [4.69, 9.17) is 4.74 Å². The van der Waals surface area contributed by atoms with Gasteiger partial charge < -0.3 is 15.2 Å². The molecule has 1 saturated carbocycles. The minimum atomic E-state index is -0.947. The van der Waals surface area contributed by atoms with Gasteiger partial charge in [-0.05, 0) is 52.5 Å². The van der Waals surface area contributed by atoms with Gasteiger partial charge in [-0.25, -0.2) is 9.78 Å². The van der Waals surface area contributed by atoms with Crippen molar-refractivity contribution < 1.29 is 14.6 Å². The van der Waals surface area contributed by atoms with Crippen LogP contribution in [-0.2, 0) is 0 Å². The van der Waals surface area contributed by atoms with Gasteiger partial charge >= 0.3 is 5.97 Å². The highest BCUT2D eigenvalue weighted by Crippen LogP contribution is 2.31. The van der Waals surface area contributed by atoms with E-state index in [2.05, 4.69) is 27.1 Å². The number of anilines is 1. The van der Waals surface area contributed by atoms with Crippen LogP contribution in [-0.4, -0.2) is 33.2 Å². The van der Waals surface area contributed by atoms with Gasteiger partial charge in [0.25, 0.3) is 11.6 Å². The number of carbonyl (C=O) groups is 1. The number of aromatic nitrogens is 2. The number of ether oxygens (including phenoxy) is 1. The first-order valence-corrected chi connectivity index (χ1v) is 10.4. The average Bonchev–Trinajstić information content (AvgIpc) is 3.04. The molecule has 0 atom stereocenters. The molecule has 0 aliphatic heterocycles. The fourth-order valence-corrected chi connectivity index (χ4v) is 3.90. The van der Waals surface area contributed by atoms with Crippen molar-refractivity contribution >= 4 is 23.0 Å². The predicted octanol–water partition coefficient (Wildman–Crippen LogP) is 3.73. The monoisotopic (exact) mass is 415 g/mol. The Morgan fingerprint density at radius 1 is 1.34 bits per heavy atom. The van der Waals surface area contributed by atoms with Gasteiger partial charge in [0.15, 0.2) is 0 Å². The largest absolute Gasteiger partial charge is 0.477 e. The maximum atomic E-state index is 11.6. The number of rotatable bonds is 5. The molecule has 2 aromatic rings. The van der Waals surface area contributed by atoms with Crippen molar-refractivity contribution in [2.45, 2.75) is 58.6 Å². The Bertz CT molecular complexity index is 986. The normalized spacial score (nSPS) is 19.1. The number of carboxylic acid groups (broad SMARTS) is 1. The Hall–Kier alpha value is -2.79. The van der Waals surface area contributed by atoms with Crippen LogP contribution in [0.2, 0.25) is 0 Å². The first-order valence-electron chi connectivity index (χ1n) is 9.58. The molecule has 1 aliphatic carbocycles. The molecular weight excluding hydrogens is 390 g/mol. The third-order valence-electron chi connectivity index (χ3n) is 4.45. The molecule has 7 nitrogen and oxygen atoms in total. The minimum absolute atomic E-state index is 0.0202. The second-order valence-corrected chi connectivity index (χ2v) is 9.19. The molecule has 2 aromatic heterocycles. The molecule has 154 valence electrons. The number of aromatic amines is 1. The fraction of sp³-hybridized carbons (Fsp3) is 0.476. The van der Waals surface area contributed by atoms with Gasteiger partial charge in [-0.2, -0.15) is 0 Å². The number of hydrogen-bond donors (Lipinski definition) is 3. The smallest absolute Gasteiger partial charge is 0.348 e. The topological polar surface area (TPSA) is 104 Å². The van der Waals surface area contributed by atoms with Gasteiger partial charge in [0.1, 0.15) is 11.0 Å². The Balaban J connectivity index is 1.62. The molecule has 1 fully saturated rings. The molecule has 0 amide bonds. The third kappa shape index (κ3) is 6.09. The number of thiophene rings is 1. The van der Waals surface area contributed by atoms with Crippen molar-refractivity contribution in [2.75, 3.05) is 5.32 Å². The van der Waals surface area contributed by atoms with Crippen LogP contribution in [0, 0.1) is 17.3 Å². The summed E-state index contributed by atoms with van der Waals surface area (Å²) in [4.78, 5) is 30.6. The number of H-pyrrole nitrogens is 1. The first kappa shape index (κ1) is 20.9. The minimum Gasteiger partial charge on any atom is -0.477 e. The average molecular weight is 416 g/mol. The second kappa shape index (κ2) is 8.70. The summed E-state index contributed by atoms with van der Waals surface area (Å²) in [5.41, 5.74) is 0.241. The molecule has 0 aromatic carbocycles. The van der Waals surface area contributed by atoms with E-state index in [1.807, 2.05) is 26.8 Å². The SMILES string of the molecule is CC(C)(C)C#Cc1cc(NC2CCC(Oc3nccc(=O)[nH]3)CC2)c(C(=O)O)s1. The van der Waals surface area contributed by atoms with Crippen LogP contribution in [0.4, 0.5) is 5.69 Å². The standard InChI is InChI=1S/C21H25N3O4S/c1-21(2,3)10-8-15-12-16(18(29-15)19(26)27)23-13-4-6-14(7-5-13)28-20-22-11-9-17(25)24-20/h9,11-14,23H,4-7H2,1-3H3,(H,26,27)(H,22,24,25). The van der Waals surface area contributed by atoms with Crippen molar-refractivity contribution in [1.82, 2.24) is 9.97 Å². The van der Waals surface area contributed by atoms with Crippen molar-refractivity contribution in [3.63, 3.8) is 0 Å². The lowest BCUT2D eigenvalue weighted by atomic mass is 9.93. The van der Waals surface area contributed by atoms with Gasteiger partial charge in [0, 0.05) is 23.7 Å². The molecule has 1 aliphatic rings. The van der Waals surface area contributed by atoms with Crippen LogP contribution in [0.3, 0.4) is 0 Å². The molecule has 0 spiro atoms. The highest BCUT2D eigenvalue weighted by molar-refractivity contribution is 7.15. The third-order valence-corrected chi connectivity index (χ3v) is 5.49. The number of nitrogens with zero attached hydrogens (tertiary/aromatic N) is 1. The van der Waals surface area contributed by atoms with E-state index in [0.717, 1.165) is 30.6 Å². The summed E-state index contributed by atoms with van der Waals surface area (Å²) in [5.74, 6) is 5.29. The van der Waals surface area contributed by atoms with Gasteiger partial charge in [-0.15, -0.1) is 11.3 Å². The molecule has 2 heterocycles. The molecule has 0 radical (unpaired) electrons. The van der Waals surface area contributed by atoms with Gasteiger partial charge in [-0.1, -0.05) is 11.8 Å². The van der Waals surface area contributed by atoms with E-state index < -0.39 is 5.97 Å². The molecule has 29 heavy (non-hydrogen) atoms. The first-order chi connectivity index (χ1) is 13.7. The maximum Gasteiger partial charge on any atom is 0.348 e. The number of carboxylic acids is 1. The quantitative estimate of drug-likeness (QED) is 0.643. The number of hydrogen-bond acceptors (Lipinski definition) is 6. The second-order valence-electron chi connectivity index (χ2n) is 8.13. The summed E-state index contributed by atoms with van der Waals surface area (Å²) in [5, 5.41) is 12.9. The molecule has 0 unspecified atom stereocenters. The number of aromatic carboxylic acids is 1. The van der Waals surface area contributed by atoms with Crippen molar-refractivity contribution in [3.8, 4) is 17.9 Å². The zero-order chi connectivity index (χ0) is 21.0. The zero-order valence-electron chi connectivity index (χ0n) is 16.7. The fourth-order valence-electron chi connectivity index (χ4n) is 3.08. The lowest BCUT2D eigenvalue weighted by Gasteiger charge is -2.29. The van der Waals surface area contributed by atoms with Crippen LogP contribution < -0.4 is 15.6 Å². The van der Waals surface area contributed by atoms with Crippen LogP contribution in [0.15, 0.2) is 23.1 Å². The lowest BCUT2D eigenvalue weighted by molar-refractivity contribution is 0.0703. The van der Waals surface area contributed by atoms with Crippen molar-refractivity contribution in [3.05, 3.63) is 38.4 Å². The Morgan fingerprint density at radius 2 is 2.07 bits per heavy atom. The van der Waals surface area contributed by atoms with Crippen LogP contribution in [0.25, 0.3) is 0 Å². The summed E-state index contributed by atoms with van der Waals surface area (Å²) >= 11 is 1.20. The summed E-state index contributed by atoms with van der Waals surface area (Å²) < 4.78 is 5.76. The van der Waals surface area contributed by atoms with Gasteiger partial charge in [0.05, 0.1) is 10.6 Å². The van der Waals surface area contributed by atoms with Crippen LogP contribution in [0.5, 0.6) is 6.01 Å². The summed E-state index contributed by atoms with van der Waals surface area (Å²) in [6.45, 7) is 6.06. The van der Waals surface area contributed by atoms with Gasteiger partial charge in [0.2, 0.25) is 0 Å². The molecule has 0 saturated heterocycles. The highest BCUT2D eigenvalue weighted by Gasteiger charge is 2.25. The number of nitrogens with one attached hydrogen (secondary N) is 2. The van der Waals surface area contributed by atoms with E-state index in [1.54, 1.807) is 0 Å². The molecule has 3 rings (SSSR count). The molecule has 8 heteroatoms. The zero-order valence-corrected chi connectivity index (χ0v) is 17.6. The Morgan fingerprint density at radius 3 is 2.69 bits per heavy atom. The van der Waals surface area contributed by atoms with E-state index in [-0.39, 0.29) is 34.0 Å². The van der Waals surface area contributed by atoms with E-state index >= 15 is 0 Å². The predicted molar refractivity (Wildman–Crippen MR) is 113 cm³/mol. The van der Waals surface area contributed by atoms with Crippen LogP contribution >= 0.6 is 11.3 Å². The van der Waals surface area contributed by atoms with E-state index in [9.17, 15) is 14.7 Å². The van der Waals surface area contributed by atoms with E-state index in [0.29, 0.717) is 5.69 Å². The van der Waals surface area contributed by atoms with Crippen molar-refractivity contribution in [1.29, 1.82) is 0 Å². The molecule has 3 N–H and O–H groups in total. The van der Waals surface area contributed by atoms with Gasteiger partial charge in [-0.3, -0.25) is 9.78 Å². The summed E-state index contributed by atoms with van der Waals surface area (Å²) in [6.07, 6.45) is 4.65. The Kier molecular flexibility index (Phi) is 6.28. The summed E-state index contributed by atoms with van der Waals surface area (Å²) in [7, 11) is 0. The van der Waals surface area contributed by atoms with Crippen LogP contribution in [0.1, 0.15) is 61.0 Å². The molecular formula is C21H25N3O4S. The maximum absolute atomic E-state index is 11.6. The Labute approximate surface area is 173 Å².